The first-order valence-corrected chi connectivity index (χ1v) is 21.2. The highest BCUT2D eigenvalue weighted by Crippen LogP contribution is 2.40. The van der Waals surface area contributed by atoms with Gasteiger partial charge in [-0.05, 0) is 62.1 Å². The first-order chi connectivity index (χ1) is 29.5. The Bertz CT molecular complexity index is 2330. The first kappa shape index (κ1) is 44.8. The van der Waals surface area contributed by atoms with Crippen molar-refractivity contribution in [3.8, 4) is 11.8 Å². The second-order valence-electron chi connectivity index (χ2n) is 14.3. The lowest BCUT2D eigenvalue weighted by Crippen LogP contribution is -2.52. The third-order valence-electron chi connectivity index (χ3n) is 10.2. The molecule has 1 saturated heterocycles. The number of hydrogen-bond acceptors (Lipinski definition) is 12. The number of imide groups is 1. The molecule has 4 heterocycles. The molecule has 2 aromatic carbocycles. The molecule has 2 atom stereocenters. The van der Waals surface area contributed by atoms with E-state index in [0.29, 0.717) is 76.2 Å². The molecule has 3 aromatic rings. The maximum atomic E-state index is 13.0. The summed E-state index contributed by atoms with van der Waals surface area (Å²) in [4.78, 5) is 45.9. The average Bonchev–Trinajstić information content (AvgIpc) is 3.71. The van der Waals surface area contributed by atoms with Gasteiger partial charge >= 0.3 is 0 Å². The molecule has 3 aliphatic rings. The minimum atomic E-state index is -0.649. The zero-order valence-corrected chi connectivity index (χ0v) is 36.0. The molecule has 1 aromatic heterocycles. The highest BCUT2D eigenvalue weighted by atomic mass is 35.5. The van der Waals surface area contributed by atoms with E-state index in [4.69, 9.17) is 41.6 Å². The summed E-state index contributed by atoms with van der Waals surface area (Å²) in [6.45, 7) is 12.6. The van der Waals surface area contributed by atoms with Gasteiger partial charge in [0.15, 0.2) is 0 Å². The van der Waals surface area contributed by atoms with Crippen LogP contribution in [0.15, 0.2) is 71.4 Å². The molecule has 0 radical (unpaired) electrons. The van der Waals surface area contributed by atoms with Crippen LogP contribution >= 0.6 is 22.9 Å². The molecule has 61 heavy (non-hydrogen) atoms. The van der Waals surface area contributed by atoms with Gasteiger partial charge in [0.1, 0.15) is 28.8 Å². The second-order valence-corrected chi connectivity index (χ2v) is 15.8. The predicted molar refractivity (Wildman–Crippen MR) is 240 cm³/mol. The predicted octanol–water partition coefficient (Wildman–Crippen LogP) is 6.43. The van der Waals surface area contributed by atoms with Crippen LogP contribution in [0.1, 0.15) is 76.2 Å². The molecule has 1 unspecified atom stereocenters. The van der Waals surface area contributed by atoms with Crippen molar-refractivity contribution in [1.82, 2.24) is 15.2 Å². The summed E-state index contributed by atoms with van der Waals surface area (Å²) in [6, 6.07) is 11.9. The number of rotatable bonds is 17. The van der Waals surface area contributed by atoms with E-state index in [0.717, 1.165) is 43.4 Å². The summed E-state index contributed by atoms with van der Waals surface area (Å²) in [6.07, 6.45) is 8.08. The van der Waals surface area contributed by atoms with Crippen LogP contribution in [-0.4, -0.2) is 109 Å². The SMILES string of the molecule is C=CN(CCOCCOCCOCC=Cc1cccc2c1CN(C1CCC(=O)NC1=O)C2=O)/N=C\CC#Cc1sc2c(c1C)C(c1ccc(Cl)cc1)=N[C@@H](C)C(=N)N2C(C)=N. The number of carbonyl (C=O) groups is 3. The summed E-state index contributed by atoms with van der Waals surface area (Å²) in [5.74, 6) is 6.01. The smallest absolute Gasteiger partial charge is 0.255 e. The normalized spacial score (nSPS) is 17.5. The molecular formula is C45H49ClN8O6S. The van der Waals surface area contributed by atoms with E-state index >= 15 is 0 Å². The van der Waals surface area contributed by atoms with Crippen LogP contribution in [0, 0.1) is 29.6 Å². The molecule has 1 fully saturated rings. The van der Waals surface area contributed by atoms with Gasteiger partial charge in [0, 0.05) is 53.5 Å². The minimum Gasteiger partial charge on any atom is -0.377 e. The van der Waals surface area contributed by atoms with Gasteiger partial charge in [-0.1, -0.05) is 66.4 Å². The van der Waals surface area contributed by atoms with E-state index < -0.39 is 18.0 Å². The Morgan fingerprint density at radius 1 is 1.11 bits per heavy atom. The number of thiophene rings is 1. The Morgan fingerprint density at radius 3 is 2.57 bits per heavy atom. The number of nitrogens with zero attached hydrogens (tertiary/aromatic N) is 5. The molecule has 14 nitrogen and oxygen atoms in total. The van der Waals surface area contributed by atoms with E-state index in [-0.39, 0.29) is 29.9 Å². The molecule has 6 rings (SSSR count). The van der Waals surface area contributed by atoms with Crippen LogP contribution in [-0.2, 0) is 30.3 Å². The number of anilines is 1. The van der Waals surface area contributed by atoms with Crippen LogP contribution in [0.3, 0.4) is 0 Å². The van der Waals surface area contributed by atoms with Gasteiger partial charge in [-0.2, -0.15) is 5.10 Å². The number of aliphatic imine (C=N–C) groups is 1. The topological polar surface area (TPSA) is 173 Å². The molecule has 0 saturated carbocycles. The number of ether oxygens (including phenoxy) is 3. The third kappa shape index (κ3) is 11.0. The van der Waals surface area contributed by atoms with Crippen LogP contribution in [0.4, 0.5) is 5.00 Å². The largest absolute Gasteiger partial charge is 0.377 e. The number of carbonyl (C=O) groups excluding carboxylic acids is 3. The number of halogens is 1. The van der Waals surface area contributed by atoms with Gasteiger partial charge in [0.25, 0.3) is 5.91 Å². The van der Waals surface area contributed by atoms with Crippen molar-refractivity contribution in [1.29, 1.82) is 10.8 Å². The van der Waals surface area contributed by atoms with E-state index in [9.17, 15) is 14.4 Å². The molecule has 0 aliphatic carbocycles. The summed E-state index contributed by atoms with van der Waals surface area (Å²) in [7, 11) is 0. The quantitative estimate of drug-likeness (QED) is 0.0348. The number of nitrogens with one attached hydrogen (secondary N) is 3. The van der Waals surface area contributed by atoms with Crippen molar-refractivity contribution in [3.05, 3.63) is 105 Å². The number of benzene rings is 2. The van der Waals surface area contributed by atoms with Crippen molar-refractivity contribution in [3.63, 3.8) is 0 Å². The summed E-state index contributed by atoms with van der Waals surface area (Å²) < 4.78 is 17.0. The highest BCUT2D eigenvalue weighted by molar-refractivity contribution is 7.17. The Hall–Kier alpha value is -5.76. The van der Waals surface area contributed by atoms with Gasteiger partial charge in [-0.3, -0.25) is 45.4 Å². The number of fused-ring (bicyclic) bond motifs is 2. The standard InChI is InChI=1S/C45H49ClN8O6S/c1-5-52(49-20-7-6-13-38-29(2)40-41(33-14-16-34(46)17-15-33)50-30(3)42(48)54(31(4)47)45(40)61-38)21-23-59-25-27-60-26-24-58-22-9-11-32-10-8-12-35-36(32)28-53(44(35)57)37-18-19-39(55)51-43(37)56/h5,8-12,14-17,20,30,37,47-48H,1,7,18-19,21-28H2,2-4H3,(H,51,55,56)/b11-9?,47-31?,48-42?,49-20-/t30-,37?/m0/s1. The number of hydrazone groups is 1. The molecule has 0 spiro atoms. The fourth-order valence-electron chi connectivity index (χ4n) is 7.04. The average molecular weight is 865 g/mol. The molecule has 3 aliphatic heterocycles. The maximum Gasteiger partial charge on any atom is 0.255 e. The number of amidine groups is 2. The Labute approximate surface area is 364 Å². The minimum absolute atomic E-state index is 0.199. The summed E-state index contributed by atoms with van der Waals surface area (Å²) >= 11 is 7.63. The molecule has 3 amide bonds. The van der Waals surface area contributed by atoms with Crippen molar-refractivity contribution in [2.45, 2.75) is 58.7 Å². The van der Waals surface area contributed by atoms with E-state index in [1.807, 2.05) is 62.4 Å². The van der Waals surface area contributed by atoms with Crippen molar-refractivity contribution >= 4 is 75.3 Å². The van der Waals surface area contributed by atoms with E-state index in [1.54, 1.807) is 40.2 Å². The van der Waals surface area contributed by atoms with Crippen LogP contribution in [0.2, 0.25) is 5.02 Å². The lowest BCUT2D eigenvalue weighted by atomic mass is 9.99. The summed E-state index contributed by atoms with van der Waals surface area (Å²) in [5.41, 5.74) is 5.75. The fourth-order valence-corrected chi connectivity index (χ4v) is 8.41. The number of amides is 3. The van der Waals surface area contributed by atoms with Crippen molar-refractivity contribution < 1.29 is 28.6 Å². The van der Waals surface area contributed by atoms with Crippen LogP contribution < -0.4 is 10.2 Å². The second kappa shape index (κ2) is 21.2. The lowest BCUT2D eigenvalue weighted by Gasteiger charge is -2.29. The van der Waals surface area contributed by atoms with Gasteiger partial charge in [-0.15, -0.1) is 11.3 Å². The molecule has 3 N–H and O–H groups in total. The van der Waals surface area contributed by atoms with Gasteiger partial charge < -0.3 is 19.1 Å². The number of piperidine rings is 1. The molecular weight excluding hydrogens is 816 g/mol. The summed E-state index contributed by atoms with van der Waals surface area (Å²) in [5, 5.41) is 27.2. The molecule has 16 heteroatoms. The Balaban J connectivity index is 0.885. The van der Waals surface area contributed by atoms with E-state index in [2.05, 4.69) is 28.8 Å². The van der Waals surface area contributed by atoms with Gasteiger partial charge in [0.2, 0.25) is 11.8 Å². The number of hydrogen-bond donors (Lipinski definition) is 3. The first-order valence-electron chi connectivity index (χ1n) is 20.0. The Kier molecular flexibility index (Phi) is 15.5. The van der Waals surface area contributed by atoms with E-state index in [1.165, 1.54) is 11.3 Å². The zero-order chi connectivity index (χ0) is 43.5. The van der Waals surface area contributed by atoms with Gasteiger partial charge in [-0.25, -0.2) is 0 Å². The van der Waals surface area contributed by atoms with Gasteiger partial charge in [0.05, 0.1) is 56.8 Å². The van der Waals surface area contributed by atoms with Crippen molar-refractivity contribution in [2.24, 2.45) is 10.1 Å². The zero-order valence-electron chi connectivity index (χ0n) is 34.5. The monoisotopic (exact) mass is 864 g/mol. The highest BCUT2D eigenvalue weighted by Gasteiger charge is 2.39. The lowest BCUT2D eigenvalue weighted by molar-refractivity contribution is -0.136. The molecule has 0 bridgehead atoms. The van der Waals surface area contributed by atoms with Crippen LogP contribution in [0.5, 0.6) is 0 Å². The fraction of sp³-hybridized carbons (Fsp3) is 0.356. The molecule has 318 valence electrons. The third-order valence-corrected chi connectivity index (χ3v) is 11.6. The Morgan fingerprint density at radius 2 is 1.85 bits per heavy atom. The van der Waals surface area contributed by atoms with Crippen LogP contribution in [0.25, 0.3) is 6.08 Å². The maximum absolute atomic E-state index is 13.0. The van der Waals surface area contributed by atoms with Crippen molar-refractivity contribution in [2.75, 3.05) is 51.1 Å².